The summed E-state index contributed by atoms with van der Waals surface area (Å²) < 4.78 is 11.6. The predicted molar refractivity (Wildman–Crippen MR) is 82.4 cm³/mol. The molecular weight excluding hydrogens is 250 g/mol. The Kier molecular flexibility index (Phi) is 5.30. The summed E-state index contributed by atoms with van der Waals surface area (Å²) in [6.07, 6.45) is 6.05. The molecule has 3 atom stereocenters. The van der Waals surface area contributed by atoms with E-state index < -0.39 is 0 Å². The monoisotopic (exact) mass is 277 g/mol. The van der Waals surface area contributed by atoms with E-state index in [1.807, 2.05) is 19.1 Å². The van der Waals surface area contributed by atoms with Gasteiger partial charge in [0.15, 0.2) is 0 Å². The summed E-state index contributed by atoms with van der Waals surface area (Å²) >= 11 is 0. The topological polar surface area (TPSA) is 44.5 Å². The van der Waals surface area contributed by atoms with Crippen molar-refractivity contribution >= 4 is 0 Å². The molecule has 3 heteroatoms. The Morgan fingerprint density at radius 1 is 1.35 bits per heavy atom. The Hall–Kier alpha value is -1.22. The fourth-order valence-corrected chi connectivity index (χ4v) is 2.95. The first-order valence-corrected chi connectivity index (χ1v) is 7.67. The van der Waals surface area contributed by atoms with E-state index >= 15 is 0 Å². The van der Waals surface area contributed by atoms with Gasteiger partial charge in [-0.1, -0.05) is 19.4 Å². The SMILES string of the molecule is COc1ccc(CC(C)N)c(OC2CCCC(C)C2)c1. The second-order valence-corrected chi connectivity index (χ2v) is 6.17. The zero-order valence-electron chi connectivity index (χ0n) is 12.9. The van der Waals surface area contributed by atoms with Crippen LogP contribution in [0.4, 0.5) is 0 Å². The molecule has 0 radical (unpaired) electrons. The van der Waals surface area contributed by atoms with Crippen molar-refractivity contribution in [3.63, 3.8) is 0 Å². The number of benzene rings is 1. The van der Waals surface area contributed by atoms with Gasteiger partial charge in [0, 0.05) is 12.1 Å². The third-order valence-corrected chi connectivity index (χ3v) is 4.00. The quantitative estimate of drug-likeness (QED) is 0.895. The smallest absolute Gasteiger partial charge is 0.126 e. The fraction of sp³-hybridized carbons (Fsp3) is 0.647. The number of hydrogen-bond donors (Lipinski definition) is 1. The van der Waals surface area contributed by atoms with Crippen molar-refractivity contribution in [3.05, 3.63) is 23.8 Å². The lowest BCUT2D eigenvalue weighted by Gasteiger charge is -2.28. The van der Waals surface area contributed by atoms with Crippen LogP contribution in [0.25, 0.3) is 0 Å². The largest absolute Gasteiger partial charge is 0.497 e. The molecule has 1 aromatic carbocycles. The van der Waals surface area contributed by atoms with Crippen LogP contribution in [-0.4, -0.2) is 19.3 Å². The molecule has 2 rings (SSSR count). The molecule has 20 heavy (non-hydrogen) atoms. The Balaban J connectivity index is 2.14. The molecule has 0 amide bonds. The molecule has 1 aliphatic carbocycles. The molecule has 1 fully saturated rings. The lowest BCUT2D eigenvalue weighted by molar-refractivity contribution is 0.127. The summed E-state index contributed by atoms with van der Waals surface area (Å²) in [5.74, 6) is 2.55. The van der Waals surface area contributed by atoms with Crippen molar-refractivity contribution in [2.24, 2.45) is 11.7 Å². The second kappa shape index (κ2) is 6.98. The minimum atomic E-state index is 0.135. The summed E-state index contributed by atoms with van der Waals surface area (Å²) in [6.45, 7) is 4.33. The van der Waals surface area contributed by atoms with E-state index in [4.69, 9.17) is 15.2 Å². The number of nitrogens with two attached hydrogens (primary N) is 1. The predicted octanol–water partition coefficient (Wildman–Crippen LogP) is 3.54. The van der Waals surface area contributed by atoms with E-state index in [0.29, 0.717) is 6.10 Å². The van der Waals surface area contributed by atoms with Gasteiger partial charge in [0.25, 0.3) is 0 Å². The fourth-order valence-electron chi connectivity index (χ4n) is 2.95. The minimum Gasteiger partial charge on any atom is -0.497 e. The van der Waals surface area contributed by atoms with E-state index in [1.54, 1.807) is 7.11 Å². The molecule has 3 unspecified atom stereocenters. The molecule has 0 aromatic heterocycles. The summed E-state index contributed by atoms with van der Waals surface area (Å²) in [4.78, 5) is 0. The van der Waals surface area contributed by atoms with Gasteiger partial charge in [-0.2, -0.15) is 0 Å². The van der Waals surface area contributed by atoms with Crippen LogP contribution >= 0.6 is 0 Å². The van der Waals surface area contributed by atoms with Crippen LogP contribution in [-0.2, 0) is 6.42 Å². The van der Waals surface area contributed by atoms with Gasteiger partial charge in [-0.05, 0) is 50.2 Å². The molecule has 112 valence electrons. The summed E-state index contributed by atoms with van der Waals surface area (Å²) in [5, 5.41) is 0. The van der Waals surface area contributed by atoms with Gasteiger partial charge >= 0.3 is 0 Å². The van der Waals surface area contributed by atoms with Crippen molar-refractivity contribution in [2.45, 2.75) is 58.1 Å². The maximum absolute atomic E-state index is 6.26. The maximum atomic E-state index is 6.26. The maximum Gasteiger partial charge on any atom is 0.126 e. The lowest BCUT2D eigenvalue weighted by atomic mass is 9.88. The standard InChI is InChI=1S/C17H27NO2/c1-12-5-4-6-16(9-12)20-17-11-15(19-3)8-7-14(17)10-13(2)18/h7-8,11-13,16H,4-6,9-10,18H2,1-3H3. The van der Waals surface area contributed by atoms with Gasteiger partial charge < -0.3 is 15.2 Å². The molecule has 0 bridgehead atoms. The van der Waals surface area contributed by atoms with Gasteiger partial charge in [0.05, 0.1) is 13.2 Å². The summed E-state index contributed by atoms with van der Waals surface area (Å²) in [5.41, 5.74) is 7.11. The van der Waals surface area contributed by atoms with Crippen LogP contribution in [0.3, 0.4) is 0 Å². The minimum absolute atomic E-state index is 0.135. The van der Waals surface area contributed by atoms with Gasteiger partial charge in [-0.25, -0.2) is 0 Å². The first-order valence-electron chi connectivity index (χ1n) is 7.67. The van der Waals surface area contributed by atoms with Crippen LogP contribution in [0.5, 0.6) is 11.5 Å². The van der Waals surface area contributed by atoms with E-state index in [0.717, 1.165) is 36.7 Å². The zero-order chi connectivity index (χ0) is 14.5. The van der Waals surface area contributed by atoms with Crippen molar-refractivity contribution in [1.29, 1.82) is 0 Å². The van der Waals surface area contributed by atoms with Crippen molar-refractivity contribution < 1.29 is 9.47 Å². The van der Waals surface area contributed by atoms with Gasteiger partial charge in [0.1, 0.15) is 11.5 Å². The van der Waals surface area contributed by atoms with Crippen LogP contribution < -0.4 is 15.2 Å². The zero-order valence-corrected chi connectivity index (χ0v) is 12.9. The molecule has 0 aliphatic heterocycles. The van der Waals surface area contributed by atoms with E-state index in [-0.39, 0.29) is 6.04 Å². The van der Waals surface area contributed by atoms with Crippen LogP contribution in [0, 0.1) is 5.92 Å². The Morgan fingerprint density at radius 3 is 2.80 bits per heavy atom. The number of ether oxygens (including phenoxy) is 2. The van der Waals surface area contributed by atoms with Gasteiger partial charge in [-0.3, -0.25) is 0 Å². The number of rotatable bonds is 5. The molecule has 2 N–H and O–H groups in total. The van der Waals surface area contributed by atoms with Crippen molar-refractivity contribution in [1.82, 2.24) is 0 Å². The van der Waals surface area contributed by atoms with Gasteiger partial charge in [0.2, 0.25) is 0 Å². The molecule has 3 nitrogen and oxygen atoms in total. The van der Waals surface area contributed by atoms with E-state index in [2.05, 4.69) is 13.0 Å². The molecule has 0 spiro atoms. The average molecular weight is 277 g/mol. The lowest BCUT2D eigenvalue weighted by Crippen LogP contribution is -2.25. The van der Waals surface area contributed by atoms with Crippen molar-refractivity contribution in [3.8, 4) is 11.5 Å². The third kappa shape index (κ3) is 4.14. The van der Waals surface area contributed by atoms with Crippen LogP contribution in [0.1, 0.15) is 45.1 Å². The highest BCUT2D eigenvalue weighted by atomic mass is 16.5. The Morgan fingerprint density at radius 2 is 2.15 bits per heavy atom. The molecule has 0 saturated heterocycles. The molecule has 1 saturated carbocycles. The van der Waals surface area contributed by atoms with Crippen LogP contribution in [0.15, 0.2) is 18.2 Å². The molecule has 1 aromatic rings. The molecular formula is C17H27NO2. The van der Waals surface area contributed by atoms with Gasteiger partial charge in [-0.15, -0.1) is 0 Å². The normalized spacial score (nSPS) is 24.2. The van der Waals surface area contributed by atoms with E-state index in [9.17, 15) is 0 Å². The highest BCUT2D eigenvalue weighted by Crippen LogP contribution is 2.31. The summed E-state index contributed by atoms with van der Waals surface area (Å²) in [6, 6.07) is 6.19. The Bertz CT molecular complexity index is 431. The highest BCUT2D eigenvalue weighted by molar-refractivity contribution is 5.41. The average Bonchev–Trinajstić information content (AvgIpc) is 2.40. The second-order valence-electron chi connectivity index (χ2n) is 6.17. The first kappa shape index (κ1) is 15.2. The Labute approximate surface area is 122 Å². The number of methoxy groups -OCH3 is 1. The van der Waals surface area contributed by atoms with E-state index in [1.165, 1.54) is 18.4 Å². The first-order chi connectivity index (χ1) is 9.58. The van der Waals surface area contributed by atoms with Crippen LogP contribution in [0.2, 0.25) is 0 Å². The summed E-state index contributed by atoms with van der Waals surface area (Å²) in [7, 11) is 1.69. The van der Waals surface area contributed by atoms with Crippen molar-refractivity contribution in [2.75, 3.05) is 7.11 Å². The molecule has 1 aliphatic rings. The number of hydrogen-bond acceptors (Lipinski definition) is 3. The highest BCUT2D eigenvalue weighted by Gasteiger charge is 2.21. The molecule has 0 heterocycles. The third-order valence-electron chi connectivity index (χ3n) is 4.00.